The van der Waals surface area contributed by atoms with Gasteiger partial charge in [0, 0.05) is 25.5 Å². The molecule has 0 unspecified atom stereocenters. The summed E-state index contributed by atoms with van der Waals surface area (Å²) < 4.78 is 11.6. The summed E-state index contributed by atoms with van der Waals surface area (Å²) in [6, 6.07) is 12.1. The van der Waals surface area contributed by atoms with Gasteiger partial charge in [0.25, 0.3) is 5.91 Å². The third-order valence-corrected chi connectivity index (χ3v) is 5.35. The number of aliphatic hydroxyl groups is 1. The number of benzene rings is 1. The lowest BCUT2D eigenvalue weighted by molar-refractivity contribution is -0.146. The highest BCUT2D eigenvalue weighted by Crippen LogP contribution is 2.32. The minimum atomic E-state index is -0.455. The quantitative estimate of drug-likeness (QED) is 0.597. The number of amides is 1. The Bertz CT molecular complexity index is 745. The molecule has 0 saturated carbocycles. The van der Waals surface area contributed by atoms with E-state index in [0.717, 1.165) is 12.8 Å². The van der Waals surface area contributed by atoms with Gasteiger partial charge in [0.2, 0.25) is 6.29 Å². The van der Waals surface area contributed by atoms with Gasteiger partial charge < -0.3 is 19.9 Å². The number of rotatable bonds is 10. The normalized spacial score (nSPS) is 19.0. The molecule has 0 aliphatic carbocycles. The monoisotopic (exact) mass is 401 g/mol. The van der Waals surface area contributed by atoms with Crippen LogP contribution in [0.2, 0.25) is 0 Å². The minimum absolute atomic E-state index is 0.0951. The van der Waals surface area contributed by atoms with E-state index in [-0.39, 0.29) is 18.4 Å². The van der Waals surface area contributed by atoms with E-state index in [2.05, 4.69) is 16.8 Å². The van der Waals surface area contributed by atoms with Crippen LogP contribution in [0.4, 0.5) is 0 Å². The van der Waals surface area contributed by atoms with Gasteiger partial charge >= 0.3 is 0 Å². The van der Waals surface area contributed by atoms with Crippen molar-refractivity contribution in [1.29, 1.82) is 0 Å². The first-order valence-electron chi connectivity index (χ1n) is 9.71. The number of thiophene rings is 1. The van der Waals surface area contributed by atoms with Crippen LogP contribution in [-0.2, 0) is 20.7 Å². The highest BCUT2D eigenvalue weighted by molar-refractivity contribution is 7.08. The Kier molecular flexibility index (Phi) is 8.08. The second-order valence-electron chi connectivity index (χ2n) is 6.77. The van der Waals surface area contributed by atoms with Crippen molar-refractivity contribution < 1.29 is 19.4 Å². The molecule has 6 heteroatoms. The third kappa shape index (κ3) is 6.19. The van der Waals surface area contributed by atoms with E-state index in [0.29, 0.717) is 31.8 Å². The maximum atomic E-state index is 12.6. The zero-order chi connectivity index (χ0) is 19.6. The molecule has 1 amide bonds. The first-order valence-corrected chi connectivity index (χ1v) is 10.7. The van der Waals surface area contributed by atoms with Gasteiger partial charge in [-0.1, -0.05) is 30.3 Å². The molecule has 1 aromatic heterocycles. The van der Waals surface area contributed by atoms with Crippen molar-refractivity contribution in [2.24, 2.45) is 0 Å². The molecule has 28 heavy (non-hydrogen) atoms. The Hall–Kier alpha value is -2.15. The topological polar surface area (TPSA) is 67.8 Å². The fraction of sp³-hybridized carbons (Fsp3) is 0.409. The molecule has 2 N–H and O–H groups in total. The molecule has 1 aliphatic heterocycles. The first-order chi connectivity index (χ1) is 13.8. The van der Waals surface area contributed by atoms with Crippen LogP contribution < -0.4 is 5.32 Å². The summed E-state index contributed by atoms with van der Waals surface area (Å²) in [5.41, 5.74) is 2.36. The van der Waals surface area contributed by atoms with Gasteiger partial charge in [-0.25, -0.2) is 0 Å². The lowest BCUT2D eigenvalue weighted by Crippen LogP contribution is -2.33. The first kappa shape index (κ1) is 20.6. The number of carbonyl (C=O) groups is 1. The molecule has 0 spiro atoms. The summed E-state index contributed by atoms with van der Waals surface area (Å²) in [4.78, 5) is 12.6. The molecule has 0 radical (unpaired) electrons. The molecule has 0 fully saturated rings. The van der Waals surface area contributed by atoms with Crippen molar-refractivity contribution in [1.82, 2.24) is 5.32 Å². The van der Waals surface area contributed by atoms with E-state index < -0.39 is 6.29 Å². The summed E-state index contributed by atoms with van der Waals surface area (Å²) in [6.07, 6.45) is 4.35. The molecule has 2 heterocycles. The molecule has 0 saturated heterocycles. The van der Waals surface area contributed by atoms with Crippen LogP contribution in [0.25, 0.3) is 0 Å². The van der Waals surface area contributed by atoms with E-state index in [9.17, 15) is 4.79 Å². The molecular formula is C22H27NO4S. The molecule has 1 aromatic carbocycles. The summed E-state index contributed by atoms with van der Waals surface area (Å²) in [6.45, 7) is 1.21. The van der Waals surface area contributed by atoms with Crippen LogP contribution in [-0.4, -0.2) is 37.1 Å². The smallest absolute Gasteiger partial charge is 0.286 e. The third-order valence-electron chi connectivity index (χ3n) is 4.65. The van der Waals surface area contributed by atoms with Gasteiger partial charge in [0.05, 0.1) is 6.61 Å². The number of carbonyl (C=O) groups excluding carboxylic acids is 1. The SMILES string of the molecule is O=C(NCCc1ccccc1)C1=C[C@H](c2ccsc2)C[C@H](OCCCCO)O1. The zero-order valence-corrected chi connectivity index (χ0v) is 16.7. The number of hydrogen-bond acceptors (Lipinski definition) is 5. The van der Waals surface area contributed by atoms with E-state index in [1.54, 1.807) is 11.3 Å². The van der Waals surface area contributed by atoms with Crippen molar-refractivity contribution in [2.45, 2.75) is 37.9 Å². The number of aliphatic hydroxyl groups excluding tert-OH is 1. The average molecular weight is 402 g/mol. The Morgan fingerprint density at radius 1 is 1.25 bits per heavy atom. The molecule has 1 aliphatic rings. The second kappa shape index (κ2) is 11.0. The molecule has 3 rings (SSSR count). The maximum Gasteiger partial charge on any atom is 0.286 e. The number of ether oxygens (including phenoxy) is 2. The van der Waals surface area contributed by atoms with E-state index >= 15 is 0 Å². The largest absolute Gasteiger partial charge is 0.459 e. The number of nitrogens with one attached hydrogen (secondary N) is 1. The average Bonchev–Trinajstić information content (AvgIpc) is 3.27. The Balaban J connectivity index is 1.58. The van der Waals surface area contributed by atoms with Crippen molar-refractivity contribution in [3.8, 4) is 0 Å². The lowest BCUT2D eigenvalue weighted by Gasteiger charge is -2.29. The van der Waals surface area contributed by atoms with Gasteiger partial charge in [-0.2, -0.15) is 11.3 Å². The van der Waals surface area contributed by atoms with Crippen LogP contribution in [0.15, 0.2) is 59.0 Å². The Morgan fingerprint density at radius 2 is 2.11 bits per heavy atom. The summed E-state index contributed by atoms with van der Waals surface area (Å²) >= 11 is 1.64. The van der Waals surface area contributed by atoms with Gasteiger partial charge in [0.15, 0.2) is 5.76 Å². The lowest BCUT2D eigenvalue weighted by atomic mass is 9.95. The molecule has 5 nitrogen and oxygen atoms in total. The number of unbranched alkanes of at least 4 members (excludes halogenated alkanes) is 1. The standard InChI is InChI=1S/C22H27NO4S/c24-11-4-5-12-26-21-15-19(18-9-13-28-16-18)14-20(27-21)22(25)23-10-8-17-6-2-1-3-7-17/h1-3,6-7,9,13-14,16,19,21,24H,4-5,8,10-12,15H2,(H,23,25)/t19-,21+/m0/s1. The van der Waals surface area contributed by atoms with E-state index in [4.69, 9.17) is 14.6 Å². The van der Waals surface area contributed by atoms with Crippen molar-refractivity contribution in [2.75, 3.05) is 19.8 Å². The van der Waals surface area contributed by atoms with Gasteiger partial charge in [-0.15, -0.1) is 0 Å². The molecular weight excluding hydrogens is 374 g/mol. The van der Waals surface area contributed by atoms with Crippen LogP contribution in [0.5, 0.6) is 0 Å². The summed E-state index contributed by atoms with van der Waals surface area (Å²) in [5.74, 6) is 0.209. The van der Waals surface area contributed by atoms with Gasteiger partial charge in [-0.3, -0.25) is 4.79 Å². The van der Waals surface area contributed by atoms with Gasteiger partial charge in [-0.05, 0) is 53.3 Å². The Labute approximate surface area is 170 Å². The zero-order valence-electron chi connectivity index (χ0n) is 15.9. The van der Waals surface area contributed by atoms with Gasteiger partial charge in [0.1, 0.15) is 0 Å². The predicted octanol–water partition coefficient (Wildman–Crippen LogP) is 3.61. The highest BCUT2D eigenvalue weighted by atomic mass is 32.1. The second-order valence-corrected chi connectivity index (χ2v) is 7.55. The van der Waals surface area contributed by atoms with Crippen LogP contribution >= 0.6 is 11.3 Å². The number of allylic oxidation sites excluding steroid dienone is 1. The Morgan fingerprint density at radius 3 is 2.86 bits per heavy atom. The summed E-state index contributed by atoms with van der Waals surface area (Å²) in [7, 11) is 0. The fourth-order valence-corrected chi connectivity index (χ4v) is 3.84. The molecule has 2 aromatic rings. The molecule has 2 atom stereocenters. The minimum Gasteiger partial charge on any atom is -0.459 e. The highest BCUT2D eigenvalue weighted by Gasteiger charge is 2.28. The van der Waals surface area contributed by atoms with E-state index in [1.165, 1.54) is 11.1 Å². The predicted molar refractivity (Wildman–Crippen MR) is 110 cm³/mol. The fourth-order valence-electron chi connectivity index (χ4n) is 3.12. The van der Waals surface area contributed by atoms with Crippen molar-refractivity contribution >= 4 is 17.2 Å². The van der Waals surface area contributed by atoms with Crippen LogP contribution in [0, 0.1) is 0 Å². The van der Waals surface area contributed by atoms with E-state index in [1.807, 2.05) is 41.8 Å². The molecule has 0 bridgehead atoms. The van der Waals surface area contributed by atoms with Crippen LogP contribution in [0.1, 0.15) is 36.3 Å². The van der Waals surface area contributed by atoms with Crippen molar-refractivity contribution in [3.63, 3.8) is 0 Å². The van der Waals surface area contributed by atoms with Crippen molar-refractivity contribution in [3.05, 3.63) is 70.1 Å². The maximum absolute atomic E-state index is 12.6. The summed E-state index contributed by atoms with van der Waals surface area (Å²) in [5, 5.41) is 16.0. The number of hydrogen-bond donors (Lipinski definition) is 2. The molecule has 150 valence electrons. The van der Waals surface area contributed by atoms with Crippen LogP contribution in [0.3, 0.4) is 0 Å².